The summed E-state index contributed by atoms with van der Waals surface area (Å²) in [6.45, 7) is 4.09. The molecular weight excluding hydrogens is 276 g/mol. The van der Waals surface area contributed by atoms with Crippen LogP contribution in [0.4, 0.5) is 0 Å². The molecule has 6 nitrogen and oxygen atoms in total. The number of thiazole rings is 1. The molecule has 0 aliphatic carbocycles. The third kappa shape index (κ3) is 3.59. The Hall–Kier alpha value is -2.33. The Morgan fingerprint density at radius 3 is 2.80 bits per heavy atom. The van der Waals surface area contributed by atoms with Gasteiger partial charge in [0.1, 0.15) is 11.1 Å². The largest absolute Gasteiger partial charge is 0.405 e. The van der Waals surface area contributed by atoms with Gasteiger partial charge in [0.2, 0.25) is 5.88 Å². The molecule has 2 aromatic rings. The summed E-state index contributed by atoms with van der Waals surface area (Å²) in [5.41, 5.74) is 1.14. The molecule has 0 aliphatic rings. The van der Waals surface area contributed by atoms with Crippen LogP contribution in [0.25, 0.3) is 0 Å². The Morgan fingerprint density at radius 2 is 2.25 bits per heavy atom. The third-order valence-electron chi connectivity index (χ3n) is 2.43. The lowest BCUT2D eigenvalue weighted by molar-refractivity contribution is -0.133. The highest BCUT2D eigenvalue weighted by molar-refractivity contribution is 7.09. The molecule has 0 N–H and O–H groups in total. The van der Waals surface area contributed by atoms with Gasteiger partial charge in [0.15, 0.2) is 5.69 Å². The molecule has 0 saturated carbocycles. The molecule has 0 fully saturated rings. The topological polar surface area (TPSA) is 88.8 Å². The third-order valence-corrected chi connectivity index (χ3v) is 3.30. The van der Waals surface area contributed by atoms with Crippen LogP contribution in [0.5, 0.6) is 5.88 Å². The maximum Gasteiger partial charge on any atom is 0.319 e. The van der Waals surface area contributed by atoms with Crippen LogP contribution in [-0.2, 0) is 11.2 Å². The number of esters is 1. The van der Waals surface area contributed by atoms with Crippen LogP contribution in [-0.4, -0.2) is 21.2 Å². The summed E-state index contributed by atoms with van der Waals surface area (Å²) in [6.07, 6.45) is 0.0963. The Bertz CT molecular complexity index is 643. The van der Waals surface area contributed by atoms with E-state index in [0.29, 0.717) is 10.9 Å². The van der Waals surface area contributed by atoms with E-state index in [-0.39, 0.29) is 18.0 Å². The molecule has 0 saturated heterocycles. The molecule has 0 bridgehead atoms. The van der Waals surface area contributed by atoms with Crippen LogP contribution in [0, 0.1) is 11.3 Å². The first-order chi connectivity index (χ1) is 9.58. The van der Waals surface area contributed by atoms with Crippen LogP contribution in [0.3, 0.4) is 0 Å². The summed E-state index contributed by atoms with van der Waals surface area (Å²) in [7, 11) is 0. The normalized spacial score (nSPS) is 10.3. The molecule has 0 amide bonds. The van der Waals surface area contributed by atoms with Crippen molar-refractivity contribution in [3.63, 3.8) is 0 Å². The molecule has 2 rings (SSSR count). The van der Waals surface area contributed by atoms with Gasteiger partial charge < -0.3 is 4.74 Å². The molecule has 7 heteroatoms. The van der Waals surface area contributed by atoms with Crippen molar-refractivity contribution in [2.75, 3.05) is 0 Å². The fourth-order valence-corrected chi connectivity index (χ4v) is 2.32. The molecular formula is C13H12N4O2S. The first-order valence-corrected chi connectivity index (χ1v) is 6.85. The number of aromatic nitrogens is 3. The van der Waals surface area contributed by atoms with Gasteiger partial charge in [-0.1, -0.05) is 13.8 Å². The SMILES string of the molecule is CC(C)c1csc(CC(=O)Oc2ccc(C#N)nn2)n1. The second-order valence-corrected chi connectivity index (χ2v) is 5.28. The van der Waals surface area contributed by atoms with E-state index in [1.165, 1.54) is 23.5 Å². The smallest absolute Gasteiger partial charge is 0.319 e. The lowest BCUT2D eigenvalue weighted by atomic mass is 10.2. The van der Waals surface area contributed by atoms with Gasteiger partial charge in [-0.05, 0) is 12.0 Å². The predicted octanol–water partition coefficient (Wildman–Crippen LogP) is 2.08. The molecule has 0 radical (unpaired) electrons. The van der Waals surface area contributed by atoms with Crippen molar-refractivity contribution in [2.45, 2.75) is 26.2 Å². The first kappa shape index (κ1) is 14.1. The number of hydrogen-bond donors (Lipinski definition) is 0. The number of carbonyl (C=O) groups excluding carboxylic acids is 1. The fourth-order valence-electron chi connectivity index (χ4n) is 1.38. The van der Waals surface area contributed by atoms with Gasteiger partial charge in [0, 0.05) is 11.4 Å². The second kappa shape index (κ2) is 6.21. The van der Waals surface area contributed by atoms with Gasteiger partial charge in [0.25, 0.3) is 0 Å². The van der Waals surface area contributed by atoms with E-state index in [2.05, 4.69) is 15.2 Å². The summed E-state index contributed by atoms with van der Waals surface area (Å²) in [6, 6.07) is 4.71. The number of ether oxygens (including phenoxy) is 1. The van der Waals surface area contributed by atoms with Crippen molar-refractivity contribution in [2.24, 2.45) is 0 Å². The summed E-state index contributed by atoms with van der Waals surface area (Å²) in [4.78, 5) is 16.1. The predicted molar refractivity (Wildman–Crippen MR) is 72.3 cm³/mol. The van der Waals surface area contributed by atoms with Gasteiger partial charge >= 0.3 is 5.97 Å². The van der Waals surface area contributed by atoms with Gasteiger partial charge in [-0.3, -0.25) is 4.79 Å². The molecule has 2 aromatic heterocycles. The highest BCUT2D eigenvalue weighted by Crippen LogP contribution is 2.18. The molecule has 0 aliphatic heterocycles. The Morgan fingerprint density at radius 1 is 1.45 bits per heavy atom. The minimum absolute atomic E-state index is 0.0784. The van der Waals surface area contributed by atoms with E-state index < -0.39 is 5.97 Å². The first-order valence-electron chi connectivity index (χ1n) is 5.97. The molecule has 0 atom stereocenters. The average molecular weight is 288 g/mol. The van der Waals surface area contributed by atoms with E-state index in [4.69, 9.17) is 10.00 Å². The summed E-state index contributed by atoms with van der Waals surface area (Å²) in [5.74, 6) is -0.0382. The highest BCUT2D eigenvalue weighted by Gasteiger charge is 2.12. The van der Waals surface area contributed by atoms with Crippen LogP contribution in [0.2, 0.25) is 0 Å². The van der Waals surface area contributed by atoms with E-state index in [1.807, 2.05) is 25.3 Å². The quantitative estimate of drug-likeness (QED) is 0.800. The number of carbonyl (C=O) groups is 1. The van der Waals surface area contributed by atoms with Crippen molar-refractivity contribution in [1.82, 2.24) is 15.2 Å². The second-order valence-electron chi connectivity index (χ2n) is 4.34. The van der Waals surface area contributed by atoms with Crippen LogP contribution in [0.1, 0.15) is 36.2 Å². The van der Waals surface area contributed by atoms with Gasteiger partial charge in [-0.25, -0.2) is 4.98 Å². The zero-order chi connectivity index (χ0) is 14.5. The standard InChI is InChI=1S/C13H12N4O2S/c1-8(2)10-7-20-12(15-10)5-13(18)19-11-4-3-9(6-14)16-17-11/h3-4,7-8H,5H2,1-2H3. The molecule has 2 heterocycles. The van der Waals surface area contributed by atoms with Crippen LogP contribution < -0.4 is 4.74 Å². The van der Waals surface area contributed by atoms with E-state index in [1.54, 1.807) is 0 Å². The Kier molecular flexibility index (Phi) is 4.38. The van der Waals surface area contributed by atoms with Crippen molar-refractivity contribution in [3.05, 3.63) is 33.9 Å². The molecule has 20 heavy (non-hydrogen) atoms. The maximum absolute atomic E-state index is 11.7. The van der Waals surface area contributed by atoms with E-state index in [0.717, 1.165) is 5.69 Å². The zero-order valence-corrected chi connectivity index (χ0v) is 11.8. The number of rotatable bonds is 4. The molecule has 102 valence electrons. The van der Waals surface area contributed by atoms with Crippen LogP contribution >= 0.6 is 11.3 Å². The minimum Gasteiger partial charge on any atom is -0.405 e. The number of nitrogens with zero attached hydrogens (tertiary/aromatic N) is 4. The number of hydrogen-bond acceptors (Lipinski definition) is 7. The van der Waals surface area contributed by atoms with Crippen molar-refractivity contribution >= 4 is 17.3 Å². The summed E-state index contributed by atoms with van der Waals surface area (Å²) in [5, 5.41) is 18.4. The molecule has 0 aromatic carbocycles. The summed E-state index contributed by atoms with van der Waals surface area (Å²) >= 11 is 1.43. The maximum atomic E-state index is 11.7. The Balaban J connectivity index is 1.96. The van der Waals surface area contributed by atoms with Crippen LogP contribution in [0.15, 0.2) is 17.5 Å². The van der Waals surface area contributed by atoms with Crippen molar-refractivity contribution in [3.8, 4) is 11.9 Å². The number of nitriles is 1. The molecule has 0 unspecified atom stereocenters. The van der Waals surface area contributed by atoms with Crippen molar-refractivity contribution in [1.29, 1.82) is 5.26 Å². The monoisotopic (exact) mass is 288 g/mol. The lowest BCUT2D eigenvalue weighted by Gasteiger charge is -2.01. The molecule has 0 spiro atoms. The minimum atomic E-state index is -0.450. The lowest BCUT2D eigenvalue weighted by Crippen LogP contribution is -2.12. The van der Waals surface area contributed by atoms with Gasteiger partial charge in [-0.2, -0.15) is 5.26 Å². The zero-order valence-electron chi connectivity index (χ0n) is 11.0. The fraction of sp³-hybridized carbons (Fsp3) is 0.308. The van der Waals surface area contributed by atoms with Gasteiger partial charge in [-0.15, -0.1) is 21.5 Å². The van der Waals surface area contributed by atoms with E-state index >= 15 is 0 Å². The van der Waals surface area contributed by atoms with Gasteiger partial charge in [0.05, 0.1) is 12.1 Å². The van der Waals surface area contributed by atoms with E-state index in [9.17, 15) is 4.79 Å². The Labute approximate surface area is 120 Å². The van der Waals surface area contributed by atoms with Crippen molar-refractivity contribution < 1.29 is 9.53 Å². The highest BCUT2D eigenvalue weighted by atomic mass is 32.1. The summed E-state index contributed by atoms with van der Waals surface area (Å²) < 4.78 is 5.03. The average Bonchev–Trinajstić information content (AvgIpc) is 2.88.